The van der Waals surface area contributed by atoms with Crippen molar-refractivity contribution in [3.8, 4) is 0 Å². The molecule has 0 atom stereocenters. The molecule has 0 saturated heterocycles. The highest BCUT2D eigenvalue weighted by molar-refractivity contribution is 7.19. The summed E-state index contributed by atoms with van der Waals surface area (Å²) in [4.78, 5) is 30.3. The minimum atomic E-state index is -0.279. The zero-order valence-electron chi connectivity index (χ0n) is 14.4. The molecule has 0 radical (unpaired) electrons. The van der Waals surface area contributed by atoms with Crippen molar-refractivity contribution in [2.75, 3.05) is 0 Å². The van der Waals surface area contributed by atoms with Crippen LogP contribution in [0, 0.1) is 13.8 Å². The summed E-state index contributed by atoms with van der Waals surface area (Å²) in [6.07, 6.45) is 1.67. The highest BCUT2D eigenvalue weighted by Gasteiger charge is 2.15. The molecule has 0 bridgehead atoms. The molecule has 0 aromatic carbocycles. The number of rotatable bonds is 4. The number of hydrogen-bond acceptors (Lipinski definition) is 5. The molecular formula is C18H17N5O2S. The van der Waals surface area contributed by atoms with Gasteiger partial charge in [-0.25, -0.2) is 4.68 Å². The first kappa shape index (κ1) is 16.5. The molecule has 8 heteroatoms. The molecule has 0 aliphatic rings. The Bertz CT molecular complexity index is 1170. The molecule has 0 fully saturated rings. The van der Waals surface area contributed by atoms with Crippen LogP contribution < -0.4 is 10.9 Å². The first-order chi connectivity index (χ1) is 12.5. The summed E-state index contributed by atoms with van der Waals surface area (Å²) < 4.78 is 4.11. The van der Waals surface area contributed by atoms with Crippen LogP contribution >= 0.6 is 11.3 Å². The van der Waals surface area contributed by atoms with Crippen LogP contribution in [0.1, 0.15) is 16.4 Å². The largest absolute Gasteiger partial charge is 0.349 e. The highest BCUT2D eigenvalue weighted by atomic mass is 32.1. The Morgan fingerprint density at radius 1 is 1.23 bits per heavy atom. The molecule has 1 amide bonds. The van der Waals surface area contributed by atoms with Crippen LogP contribution in [-0.4, -0.2) is 25.1 Å². The number of carbonyl (C=O) groups is 1. The molecule has 26 heavy (non-hydrogen) atoms. The second-order valence-electron chi connectivity index (χ2n) is 6.08. The molecule has 4 aromatic rings. The third-order valence-corrected chi connectivity index (χ3v) is 5.13. The molecule has 4 rings (SSSR count). The van der Waals surface area contributed by atoms with Crippen LogP contribution in [0.5, 0.6) is 0 Å². The van der Waals surface area contributed by atoms with E-state index in [9.17, 15) is 9.59 Å². The van der Waals surface area contributed by atoms with Gasteiger partial charge >= 0.3 is 0 Å². The van der Waals surface area contributed by atoms with Crippen molar-refractivity contribution in [1.29, 1.82) is 0 Å². The highest BCUT2D eigenvalue weighted by Crippen LogP contribution is 2.27. The number of nitrogens with zero attached hydrogens (tertiary/aromatic N) is 4. The van der Waals surface area contributed by atoms with E-state index in [4.69, 9.17) is 0 Å². The molecule has 7 nitrogen and oxygen atoms in total. The Hall–Kier alpha value is -3.00. The predicted molar refractivity (Wildman–Crippen MR) is 100 cm³/mol. The van der Waals surface area contributed by atoms with Crippen molar-refractivity contribution in [2.45, 2.75) is 26.9 Å². The second-order valence-corrected chi connectivity index (χ2v) is 7.37. The van der Waals surface area contributed by atoms with Crippen molar-refractivity contribution in [3.05, 3.63) is 63.3 Å². The van der Waals surface area contributed by atoms with Crippen LogP contribution in [0.25, 0.3) is 15.7 Å². The van der Waals surface area contributed by atoms with Gasteiger partial charge in [-0.3, -0.25) is 19.0 Å². The van der Waals surface area contributed by atoms with Gasteiger partial charge in [0.15, 0.2) is 0 Å². The summed E-state index contributed by atoms with van der Waals surface area (Å²) >= 11 is 1.64. The summed E-state index contributed by atoms with van der Waals surface area (Å²) in [7, 11) is 0. The van der Waals surface area contributed by atoms with Gasteiger partial charge in [-0.1, -0.05) is 6.07 Å². The zero-order valence-corrected chi connectivity index (χ0v) is 15.2. The Morgan fingerprint density at radius 3 is 2.85 bits per heavy atom. The summed E-state index contributed by atoms with van der Waals surface area (Å²) in [5.41, 5.74) is 2.01. The monoisotopic (exact) mass is 367 g/mol. The lowest BCUT2D eigenvalue weighted by atomic mass is 10.3. The lowest BCUT2D eigenvalue weighted by Gasteiger charge is -2.09. The van der Waals surface area contributed by atoms with E-state index in [1.54, 1.807) is 17.5 Å². The summed E-state index contributed by atoms with van der Waals surface area (Å²) in [5.74, 6) is 0.392. The molecule has 0 unspecified atom stereocenters. The number of carbonyl (C=O) groups excluding carboxylic acids is 1. The van der Waals surface area contributed by atoms with Gasteiger partial charge in [-0.2, -0.15) is 5.10 Å². The van der Waals surface area contributed by atoms with E-state index < -0.39 is 0 Å². The summed E-state index contributed by atoms with van der Waals surface area (Å²) in [6, 6.07) is 9.42. The predicted octanol–water partition coefficient (Wildman–Crippen LogP) is 2.04. The molecule has 0 saturated carbocycles. The van der Waals surface area contributed by atoms with Gasteiger partial charge in [-0.05, 0) is 38.1 Å². The number of pyridine rings is 1. The maximum absolute atomic E-state index is 12.7. The normalized spacial score (nSPS) is 11.3. The van der Waals surface area contributed by atoms with Crippen molar-refractivity contribution in [3.63, 3.8) is 0 Å². The summed E-state index contributed by atoms with van der Waals surface area (Å²) in [5, 5.41) is 7.09. The molecule has 4 heterocycles. The van der Waals surface area contributed by atoms with E-state index in [1.807, 2.05) is 48.6 Å². The lowest BCUT2D eigenvalue weighted by Crippen LogP contribution is -2.34. The number of nitrogens with one attached hydrogen (secondary N) is 1. The van der Waals surface area contributed by atoms with E-state index >= 15 is 0 Å². The maximum Gasteiger partial charge on any atom is 0.291 e. The van der Waals surface area contributed by atoms with E-state index in [-0.39, 0.29) is 18.0 Å². The Kier molecular flexibility index (Phi) is 4.04. The zero-order chi connectivity index (χ0) is 18.3. The Labute approximate surface area is 152 Å². The number of aryl methyl sites for hydroxylation is 2. The SMILES string of the molecule is Cc1cc2c(cc3c(=O)n(CC(=O)NCc4ccccn4)nc(C)n32)s1. The maximum atomic E-state index is 12.7. The van der Waals surface area contributed by atoms with Gasteiger partial charge in [-0.15, -0.1) is 11.3 Å². The number of amides is 1. The van der Waals surface area contributed by atoms with Gasteiger partial charge in [0.2, 0.25) is 5.91 Å². The van der Waals surface area contributed by atoms with Crippen molar-refractivity contribution in [1.82, 2.24) is 24.5 Å². The van der Waals surface area contributed by atoms with Gasteiger partial charge < -0.3 is 5.32 Å². The smallest absolute Gasteiger partial charge is 0.291 e. The third-order valence-electron chi connectivity index (χ3n) is 4.14. The molecule has 0 aliphatic carbocycles. The third kappa shape index (κ3) is 2.88. The number of aromatic nitrogens is 4. The van der Waals surface area contributed by atoms with E-state index in [0.29, 0.717) is 17.9 Å². The van der Waals surface area contributed by atoms with Gasteiger partial charge in [0.1, 0.15) is 17.9 Å². The molecular weight excluding hydrogens is 350 g/mol. The average molecular weight is 367 g/mol. The summed E-state index contributed by atoms with van der Waals surface area (Å²) in [6.45, 7) is 4.06. The topological polar surface area (TPSA) is 81.3 Å². The van der Waals surface area contributed by atoms with E-state index in [0.717, 1.165) is 15.9 Å². The quantitative estimate of drug-likeness (QED) is 0.598. The van der Waals surface area contributed by atoms with Crippen LogP contribution in [0.15, 0.2) is 41.3 Å². The molecule has 0 aliphatic heterocycles. The van der Waals surface area contributed by atoms with Gasteiger partial charge in [0.25, 0.3) is 5.56 Å². The molecule has 4 aromatic heterocycles. The van der Waals surface area contributed by atoms with Crippen molar-refractivity contribution < 1.29 is 4.79 Å². The van der Waals surface area contributed by atoms with Crippen LogP contribution in [0.3, 0.4) is 0 Å². The Morgan fingerprint density at radius 2 is 2.08 bits per heavy atom. The standard InChI is InChI=1S/C18H17N5O2S/c1-11-7-14-16(26-11)8-15-18(25)22(21-12(2)23(14)15)10-17(24)20-9-13-5-3-4-6-19-13/h3-8H,9-10H2,1-2H3,(H,20,24). The Balaban J connectivity index is 1.61. The first-order valence-electron chi connectivity index (χ1n) is 8.19. The van der Waals surface area contributed by atoms with Crippen LogP contribution in [-0.2, 0) is 17.9 Å². The van der Waals surface area contributed by atoms with E-state index in [2.05, 4.69) is 15.4 Å². The fourth-order valence-electron chi connectivity index (χ4n) is 3.01. The van der Waals surface area contributed by atoms with Crippen molar-refractivity contribution >= 4 is 33.0 Å². The molecule has 132 valence electrons. The first-order valence-corrected chi connectivity index (χ1v) is 9.00. The number of fused-ring (bicyclic) bond motifs is 3. The van der Waals surface area contributed by atoms with Crippen LogP contribution in [0.2, 0.25) is 0 Å². The van der Waals surface area contributed by atoms with Gasteiger partial charge in [0, 0.05) is 11.1 Å². The van der Waals surface area contributed by atoms with Crippen molar-refractivity contribution in [2.24, 2.45) is 0 Å². The van der Waals surface area contributed by atoms with E-state index in [1.165, 1.54) is 9.56 Å². The molecule has 1 N–H and O–H groups in total. The van der Waals surface area contributed by atoms with Crippen LogP contribution in [0.4, 0.5) is 0 Å². The fraction of sp³-hybridized carbons (Fsp3) is 0.222. The second kappa shape index (κ2) is 6.38. The average Bonchev–Trinajstić information content (AvgIpc) is 3.14. The number of hydrogen-bond donors (Lipinski definition) is 1. The molecule has 0 spiro atoms. The van der Waals surface area contributed by atoms with Gasteiger partial charge in [0.05, 0.1) is 22.5 Å². The lowest BCUT2D eigenvalue weighted by molar-refractivity contribution is -0.122. The number of thiophene rings is 1. The minimum Gasteiger partial charge on any atom is -0.349 e. The fourth-order valence-corrected chi connectivity index (χ4v) is 3.95. The minimum absolute atomic E-state index is 0.124.